The molecule has 0 aliphatic carbocycles. The summed E-state index contributed by atoms with van der Waals surface area (Å²) in [7, 11) is 0. The summed E-state index contributed by atoms with van der Waals surface area (Å²) in [5.41, 5.74) is 1.07. The fourth-order valence-electron chi connectivity index (χ4n) is 1.39. The monoisotopic (exact) mass is 179 g/mol. The molecule has 1 aromatic heterocycles. The lowest BCUT2D eigenvalue weighted by atomic mass is 10.1. The van der Waals surface area contributed by atoms with Crippen molar-refractivity contribution >= 4 is 5.97 Å². The highest BCUT2D eigenvalue weighted by Crippen LogP contribution is 2.20. The van der Waals surface area contributed by atoms with Crippen LogP contribution in [0, 0.1) is 0 Å². The smallest absolute Gasteiger partial charge is 0.340 e. The molecule has 1 unspecified atom stereocenters. The van der Waals surface area contributed by atoms with E-state index < -0.39 is 0 Å². The minimum absolute atomic E-state index is 0.0550. The molecule has 1 aliphatic heterocycles. The summed E-state index contributed by atoms with van der Waals surface area (Å²) in [4.78, 5) is 15.1. The Morgan fingerprint density at radius 3 is 3.15 bits per heavy atom. The van der Waals surface area contributed by atoms with Crippen LogP contribution in [0.1, 0.15) is 23.0 Å². The first-order valence-corrected chi connectivity index (χ1v) is 4.06. The molecule has 0 amide bonds. The van der Waals surface area contributed by atoms with Crippen LogP contribution < -0.4 is 0 Å². The van der Waals surface area contributed by atoms with Crippen molar-refractivity contribution in [1.29, 1.82) is 0 Å². The number of ether oxygens (including phenoxy) is 1. The number of carbonyl (C=O) groups is 1. The lowest BCUT2D eigenvalue weighted by Crippen LogP contribution is -2.25. The van der Waals surface area contributed by atoms with Crippen molar-refractivity contribution < 1.29 is 14.6 Å². The largest absolute Gasteiger partial charge is 0.493 e. The Bertz CT molecular complexity index is 362. The van der Waals surface area contributed by atoms with Gasteiger partial charge in [0.2, 0.25) is 5.88 Å². The Morgan fingerprint density at radius 1 is 1.62 bits per heavy atom. The average Bonchev–Trinajstić information content (AvgIpc) is 2.02. The third kappa shape index (κ3) is 1.35. The number of esters is 1. The predicted molar refractivity (Wildman–Crippen MR) is 44.5 cm³/mol. The molecule has 4 nitrogen and oxygen atoms in total. The van der Waals surface area contributed by atoms with E-state index in [1.807, 2.05) is 0 Å². The van der Waals surface area contributed by atoms with Crippen molar-refractivity contribution in [3.05, 3.63) is 23.4 Å². The third-order valence-corrected chi connectivity index (χ3v) is 1.97. The summed E-state index contributed by atoms with van der Waals surface area (Å²) in [5, 5.41) is 9.10. The zero-order chi connectivity index (χ0) is 9.42. The number of carbonyl (C=O) groups excluding carboxylic acids is 1. The first kappa shape index (κ1) is 8.04. The molecule has 2 heterocycles. The highest BCUT2D eigenvalue weighted by Gasteiger charge is 2.24. The zero-order valence-corrected chi connectivity index (χ0v) is 7.15. The van der Waals surface area contributed by atoms with Gasteiger partial charge in [-0.05, 0) is 13.0 Å². The number of rotatable bonds is 0. The molecular weight excluding hydrogens is 170 g/mol. The van der Waals surface area contributed by atoms with Crippen LogP contribution in [0.3, 0.4) is 0 Å². The molecule has 0 aromatic carbocycles. The molecule has 0 fully saturated rings. The molecule has 13 heavy (non-hydrogen) atoms. The molecule has 4 heteroatoms. The van der Waals surface area contributed by atoms with E-state index in [9.17, 15) is 4.79 Å². The maximum atomic E-state index is 11.3. The Kier molecular flexibility index (Phi) is 1.69. The maximum Gasteiger partial charge on any atom is 0.340 e. The predicted octanol–water partition coefficient (Wildman–Crippen LogP) is 0.889. The normalized spacial score (nSPS) is 20.7. The van der Waals surface area contributed by atoms with E-state index in [1.165, 1.54) is 12.1 Å². The highest BCUT2D eigenvalue weighted by atomic mass is 16.5. The van der Waals surface area contributed by atoms with Gasteiger partial charge >= 0.3 is 5.97 Å². The van der Waals surface area contributed by atoms with Crippen LogP contribution in [0.4, 0.5) is 0 Å². The van der Waals surface area contributed by atoms with E-state index in [4.69, 9.17) is 9.84 Å². The summed E-state index contributed by atoms with van der Waals surface area (Å²) in [6.07, 6.45) is 0.407. The summed E-state index contributed by atoms with van der Waals surface area (Å²) in [6.45, 7) is 1.80. The molecule has 2 rings (SSSR count). The molecule has 1 aromatic rings. The molecule has 1 N–H and O–H groups in total. The van der Waals surface area contributed by atoms with Crippen molar-refractivity contribution in [2.45, 2.75) is 19.4 Å². The van der Waals surface area contributed by atoms with Gasteiger partial charge in [0.15, 0.2) is 0 Å². The van der Waals surface area contributed by atoms with Crippen molar-refractivity contribution in [3.8, 4) is 5.88 Å². The van der Waals surface area contributed by atoms with Crippen LogP contribution in [0.15, 0.2) is 12.1 Å². The van der Waals surface area contributed by atoms with Crippen LogP contribution in [-0.2, 0) is 11.2 Å². The third-order valence-electron chi connectivity index (χ3n) is 1.97. The van der Waals surface area contributed by atoms with Gasteiger partial charge < -0.3 is 9.84 Å². The summed E-state index contributed by atoms with van der Waals surface area (Å²) >= 11 is 0. The molecule has 68 valence electrons. The van der Waals surface area contributed by atoms with Gasteiger partial charge in [-0.15, -0.1) is 0 Å². The van der Waals surface area contributed by atoms with E-state index in [2.05, 4.69) is 4.98 Å². The van der Waals surface area contributed by atoms with Gasteiger partial charge in [-0.2, -0.15) is 0 Å². The van der Waals surface area contributed by atoms with Crippen LogP contribution in [0.25, 0.3) is 0 Å². The van der Waals surface area contributed by atoms with E-state index >= 15 is 0 Å². The Hall–Kier alpha value is -1.58. The second-order valence-electron chi connectivity index (χ2n) is 3.08. The number of aromatic hydroxyl groups is 1. The summed E-state index contributed by atoms with van der Waals surface area (Å²) in [6, 6.07) is 2.92. The van der Waals surface area contributed by atoms with Gasteiger partial charge in [-0.3, -0.25) is 0 Å². The number of hydrogen-bond acceptors (Lipinski definition) is 4. The first-order chi connectivity index (χ1) is 6.16. The number of aromatic nitrogens is 1. The number of hydrogen-bond donors (Lipinski definition) is 1. The van der Waals surface area contributed by atoms with Gasteiger partial charge in [0.05, 0.1) is 11.3 Å². The van der Waals surface area contributed by atoms with Gasteiger partial charge in [0.1, 0.15) is 6.10 Å². The number of fused-ring (bicyclic) bond motifs is 1. The minimum Gasteiger partial charge on any atom is -0.493 e. The van der Waals surface area contributed by atoms with Gasteiger partial charge in [-0.25, -0.2) is 9.78 Å². The Morgan fingerprint density at radius 2 is 2.38 bits per heavy atom. The van der Waals surface area contributed by atoms with Gasteiger partial charge in [0, 0.05) is 12.5 Å². The SMILES string of the molecule is CC1Cc2nc(O)ccc2C(=O)O1. The van der Waals surface area contributed by atoms with Gasteiger partial charge in [-0.1, -0.05) is 0 Å². The number of pyridine rings is 1. The fraction of sp³-hybridized carbons (Fsp3) is 0.333. The number of cyclic esters (lactones) is 1. The molecule has 1 atom stereocenters. The average molecular weight is 179 g/mol. The Labute approximate surface area is 75.2 Å². The quantitative estimate of drug-likeness (QED) is 0.601. The summed E-state index contributed by atoms with van der Waals surface area (Å²) in [5.74, 6) is -0.415. The van der Waals surface area contributed by atoms with E-state index in [0.29, 0.717) is 17.7 Å². The summed E-state index contributed by atoms with van der Waals surface area (Å²) < 4.78 is 4.99. The number of nitrogens with zero attached hydrogens (tertiary/aromatic N) is 1. The topological polar surface area (TPSA) is 59.4 Å². The second-order valence-corrected chi connectivity index (χ2v) is 3.08. The maximum absolute atomic E-state index is 11.3. The molecule has 0 spiro atoms. The van der Waals surface area contributed by atoms with Crippen LogP contribution >= 0.6 is 0 Å². The molecule has 0 saturated carbocycles. The lowest BCUT2D eigenvalue weighted by molar-refractivity contribution is 0.0296. The van der Waals surface area contributed by atoms with E-state index in [0.717, 1.165) is 0 Å². The highest BCUT2D eigenvalue weighted by molar-refractivity contribution is 5.91. The standard InChI is InChI=1S/C9H9NO3/c1-5-4-7-6(9(12)13-5)2-3-8(11)10-7/h2-3,5H,4H2,1H3,(H,10,11). The first-order valence-electron chi connectivity index (χ1n) is 4.06. The van der Waals surface area contributed by atoms with Crippen LogP contribution in [-0.4, -0.2) is 22.2 Å². The van der Waals surface area contributed by atoms with Gasteiger partial charge in [0.25, 0.3) is 0 Å². The van der Waals surface area contributed by atoms with Crippen molar-refractivity contribution in [2.24, 2.45) is 0 Å². The Balaban J connectivity index is 2.49. The van der Waals surface area contributed by atoms with Crippen LogP contribution in [0.2, 0.25) is 0 Å². The molecule has 0 radical (unpaired) electrons. The molecule has 1 aliphatic rings. The second kappa shape index (κ2) is 2.73. The molecule has 0 bridgehead atoms. The van der Waals surface area contributed by atoms with E-state index in [-0.39, 0.29) is 18.0 Å². The van der Waals surface area contributed by atoms with Crippen molar-refractivity contribution in [3.63, 3.8) is 0 Å². The zero-order valence-electron chi connectivity index (χ0n) is 7.15. The van der Waals surface area contributed by atoms with Crippen LogP contribution in [0.5, 0.6) is 5.88 Å². The van der Waals surface area contributed by atoms with Crippen molar-refractivity contribution in [2.75, 3.05) is 0 Å². The molecular formula is C9H9NO3. The van der Waals surface area contributed by atoms with E-state index in [1.54, 1.807) is 6.92 Å². The van der Waals surface area contributed by atoms with Crippen molar-refractivity contribution in [1.82, 2.24) is 4.98 Å². The molecule has 0 saturated heterocycles. The fourth-order valence-corrected chi connectivity index (χ4v) is 1.39. The lowest BCUT2D eigenvalue weighted by Gasteiger charge is -2.20. The minimum atomic E-state index is -0.360.